The number of amides is 2. The molecule has 28 heavy (non-hydrogen) atoms. The Balaban J connectivity index is 1.77. The van der Waals surface area contributed by atoms with E-state index in [0.717, 1.165) is 6.42 Å². The van der Waals surface area contributed by atoms with E-state index < -0.39 is 6.04 Å². The molecule has 0 saturated heterocycles. The minimum absolute atomic E-state index is 0.0383. The predicted octanol–water partition coefficient (Wildman–Crippen LogP) is 4.00. The van der Waals surface area contributed by atoms with Gasteiger partial charge in [0, 0.05) is 22.2 Å². The predicted molar refractivity (Wildman–Crippen MR) is 111 cm³/mol. The van der Waals surface area contributed by atoms with Crippen molar-refractivity contribution in [2.45, 2.75) is 26.3 Å². The molecule has 7 heteroatoms. The van der Waals surface area contributed by atoms with Crippen LogP contribution in [0.15, 0.2) is 46.9 Å². The molecule has 2 unspecified atom stereocenters. The van der Waals surface area contributed by atoms with Gasteiger partial charge >= 0.3 is 0 Å². The number of anilines is 1. The van der Waals surface area contributed by atoms with Crippen LogP contribution in [0.25, 0.3) is 0 Å². The fourth-order valence-corrected chi connectivity index (χ4v) is 3.31. The Labute approximate surface area is 172 Å². The van der Waals surface area contributed by atoms with E-state index in [4.69, 9.17) is 9.47 Å². The zero-order valence-corrected chi connectivity index (χ0v) is 17.4. The summed E-state index contributed by atoms with van der Waals surface area (Å²) in [7, 11) is 0. The smallest absolute Gasteiger partial charge is 0.251 e. The summed E-state index contributed by atoms with van der Waals surface area (Å²) in [5, 5.41) is 5.76. The number of fused-ring (bicyclic) bond motifs is 1. The maximum atomic E-state index is 13.0. The molecular weight excluding hydrogens is 424 g/mol. The van der Waals surface area contributed by atoms with Crippen molar-refractivity contribution in [2.75, 3.05) is 18.5 Å². The molecular formula is C21H23BrN2O4. The van der Waals surface area contributed by atoms with E-state index in [0.29, 0.717) is 40.4 Å². The lowest BCUT2D eigenvalue weighted by Crippen LogP contribution is -2.47. The fraction of sp³-hybridized carbons (Fsp3) is 0.333. The van der Waals surface area contributed by atoms with Crippen LogP contribution >= 0.6 is 15.9 Å². The summed E-state index contributed by atoms with van der Waals surface area (Å²) < 4.78 is 11.8. The number of nitrogens with one attached hydrogen (secondary N) is 2. The van der Waals surface area contributed by atoms with Crippen LogP contribution in [-0.4, -0.2) is 31.1 Å². The minimum atomic E-state index is -0.669. The van der Waals surface area contributed by atoms with Gasteiger partial charge in [-0.3, -0.25) is 9.59 Å². The van der Waals surface area contributed by atoms with Crippen molar-refractivity contribution in [2.24, 2.45) is 5.92 Å². The third kappa shape index (κ3) is 4.65. The summed E-state index contributed by atoms with van der Waals surface area (Å²) in [6.07, 6.45) is 0.746. The van der Waals surface area contributed by atoms with E-state index in [2.05, 4.69) is 26.6 Å². The average Bonchev–Trinajstić information content (AvgIpc) is 2.72. The summed E-state index contributed by atoms with van der Waals surface area (Å²) in [4.78, 5) is 25.5. The first-order chi connectivity index (χ1) is 13.5. The average molecular weight is 447 g/mol. The quantitative estimate of drug-likeness (QED) is 0.702. The largest absolute Gasteiger partial charge is 0.486 e. The van der Waals surface area contributed by atoms with Gasteiger partial charge in [0.2, 0.25) is 5.91 Å². The second-order valence-electron chi connectivity index (χ2n) is 6.67. The van der Waals surface area contributed by atoms with Crippen molar-refractivity contribution in [3.63, 3.8) is 0 Å². The number of hydrogen-bond acceptors (Lipinski definition) is 4. The van der Waals surface area contributed by atoms with Crippen LogP contribution in [0.2, 0.25) is 0 Å². The van der Waals surface area contributed by atoms with Gasteiger partial charge < -0.3 is 20.1 Å². The second kappa shape index (κ2) is 9.10. The third-order valence-corrected chi connectivity index (χ3v) is 5.36. The van der Waals surface area contributed by atoms with Crippen molar-refractivity contribution >= 4 is 33.4 Å². The Kier molecular flexibility index (Phi) is 6.57. The first-order valence-corrected chi connectivity index (χ1v) is 10.0. The molecule has 1 aliphatic heterocycles. The van der Waals surface area contributed by atoms with Crippen LogP contribution in [0.1, 0.15) is 30.6 Å². The molecule has 0 bridgehead atoms. The molecule has 3 rings (SSSR count). The maximum absolute atomic E-state index is 13.0. The Bertz CT molecular complexity index is 857. The maximum Gasteiger partial charge on any atom is 0.251 e. The van der Waals surface area contributed by atoms with E-state index in [-0.39, 0.29) is 17.7 Å². The second-order valence-corrected chi connectivity index (χ2v) is 7.52. The Hall–Kier alpha value is -2.54. The Morgan fingerprint density at radius 2 is 1.75 bits per heavy atom. The highest BCUT2D eigenvalue weighted by Crippen LogP contribution is 2.38. The van der Waals surface area contributed by atoms with Crippen LogP contribution in [-0.2, 0) is 4.79 Å². The van der Waals surface area contributed by atoms with E-state index in [1.807, 2.05) is 19.9 Å². The van der Waals surface area contributed by atoms with Gasteiger partial charge in [0.1, 0.15) is 19.3 Å². The van der Waals surface area contributed by atoms with Gasteiger partial charge in [-0.25, -0.2) is 0 Å². The standard InChI is InChI=1S/C21H23BrN2O4/c1-3-13(2)19(24-20(25)14-7-5-4-6-8-14)21(26)23-16-12-18-17(11-15(16)22)27-9-10-28-18/h4-8,11-13,19H,3,9-10H2,1-2H3,(H,23,26)(H,24,25). The summed E-state index contributed by atoms with van der Waals surface area (Å²) in [5.41, 5.74) is 1.08. The number of halogens is 1. The van der Waals surface area contributed by atoms with Crippen molar-refractivity contribution in [3.05, 3.63) is 52.5 Å². The normalized spacial score (nSPS) is 14.7. The third-order valence-electron chi connectivity index (χ3n) is 4.71. The SMILES string of the molecule is CCC(C)C(NC(=O)c1ccccc1)C(=O)Nc1cc2c(cc1Br)OCCO2. The molecule has 0 aromatic heterocycles. The lowest BCUT2D eigenvalue weighted by Gasteiger charge is -2.25. The molecule has 0 aliphatic carbocycles. The summed E-state index contributed by atoms with van der Waals surface area (Å²) >= 11 is 3.46. The van der Waals surface area contributed by atoms with Crippen LogP contribution in [0.4, 0.5) is 5.69 Å². The molecule has 0 radical (unpaired) electrons. The number of carbonyl (C=O) groups is 2. The summed E-state index contributed by atoms with van der Waals surface area (Å²) in [6, 6.07) is 11.7. The highest BCUT2D eigenvalue weighted by Gasteiger charge is 2.27. The number of benzene rings is 2. The van der Waals surface area contributed by atoms with Gasteiger partial charge in [0.05, 0.1) is 5.69 Å². The Morgan fingerprint density at radius 3 is 2.39 bits per heavy atom. The zero-order valence-electron chi connectivity index (χ0n) is 15.8. The molecule has 1 aliphatic rings. The van der Waals surface area contributed by atoms with E-state index in [9.17, 15) is 9.59 Å². The topological polar surface area (TPSA) is 76.7 Å². The number of rotatable bonds is 6. The van der Waals surface area contributed by atoms with Crippen molar-refractivity contribution in [1.29, 1.82) is 0 Å². The summed E-state index contributed by atoms with van der Waals surface area (Å²) in [6.45, 7) is 4.88. The monoisotopic (exact) mass is 446 g/mol. The number of carbonyl (C=O) groups excluding carboxylic acids is 2. The van der Waals surface area contributed by atoms with Crippen LogP contribution in [0.5, 0.6) is 11.5 Å². The fourth-order valence-electron chi connectivity index (χ4n) is 2.89. The van der Waals surface area contributed by atoms with E-state index in [1.54, 1.807) is 36.4 Å². The molecule has 148 valence electrons. The molecule has 2 amide bonds. The van der Waals surface area contributed by atoms with E-state index in [1.165, 1.54) is 0 Å². The molecule has 2 atom stereocenters. The van der Waals surface area contributed by atoms with Crippen molar-refractivity contribution in [1.82, 2.24) is 5.32 Å². The summed E-state index contributed by atoms with van der Waals surface area (Å²) in [5.74, 6) is 0.618. The molecule has 6 nitrogen and oxygen atoms in total. The van der Waals surface area contributed by atoms with Gasteiger partial charge in [-0.05, 0) is 34.0 Å². The molecule has 2 aromatic carbocycles. The molecule has 0 saturated carbocycles. The zero-order chi connectivity index (χ0) is 20.1. The molecule has 0 spiro atoms. The minimum Gasteiger partial charge on any atom is -0.486 e. The van der Waals surface area contributed by atoms with Gasteiger partial charge in [0.15, 0.2) is 11.5 Å². The Morgan fingerprint density at radius 1 is 1.11 bits per heavy atom. The van der Waals surface area contributed by atoms with Gasteiger partial charge in [0.25, 0.3) is 5.91 Å². The number of hydrogen-bond donors (Lipinski definition) is 2. The lowest BCUT2D eigenvalue weighted by molar-refractivity contribution is -0.119. The van der Waals surface area contributed by atoms with Gasteiger partial charge in [-0.15, -0.1) is 0 Å². The lowest BCUT2D eigenvalue weighted by atomic mass is 9.97. The highest BCUT2D eigenvalue weighted by molar-refractivity contribution is 9.10. The first-order valence-electron chi connectivity index (χ1n) is 9.25. The van der Waals surface area contributed by atoms with Crippen molar-refractivity contribution in [3.8, 4) is 11.5 Å². The van der Waals surface area contributed by atoms with Crippen LogP contribution < -0.4 is 20.1 Å². The van der Waals surface area contributed by atoms with E-state index >= 15 is 0 Å². The van der Waals surface area contributed by atoms with Crippen LogP contribution in [0.3, 0.4) is 0 Å². The molecule has 2 aromatic rings. The first kappa shape index (κ1) is 20.2. The molecule has 0 fully saturated rings. The van der Waals surface area contributed by atoms with Gasteiger partial charge in [-0.2, -0.15) is 0 Å². The number of ether oxygens (including phenoxy) is 2. The van der Waals surface area contributed by atoms with Crippen LogP contribution in [0, 0.1) is 5.92 Å². The highest BCUT2D eigenvalue weighted by atomic mass is 79.9. The van der Waals surface area contributed by atoms with Crippen molar-refractivity contribution < 1.29 is 19.1 Å². The van der Waals surface area contributed by atoms with Gasteiger partial charge in [-0.1, -0.05) is 38.5 Å². The molecule has 2 N–H and O–H groups in total. The molecule has 1 heterocycles.